The third kappa shape index (κ3) is 5.01. The lowest BCUT2D eigenvalue weighted by Gasteiger charge is -2.10. The summed E-state index contributed by atoms with van der Waals surface area (Å²) in [5, 5.41) is 0. The number of benzene rings is 1. The van der Waals surface area contributed by atoms with Crippen LogP contribution in [0.25, 0.3) is 0 Å². The highest BCUT2D eigenvalue weighted by molar-refractivity contribution is 7.99. The predicted molar refractivity (Wildman–Crippen MR) is 106 cm³/mol. The van der Waals surface area contributed by atoms with Crippen molar-refractivity contribution in [2.45, 2.75) is 56.3 Å². The maximum atomic E-state index is 11.5. The molecule has 1 amide bonds. The number of carbonyl (C=O) groups excluding carboxylic acids is 1. The number of ether oxygens (including phenoxy) is 1. The van der Waals surface area contributed by atoms with Gasteiger partial charge in [0, 0.05) is 0 Å². The van der Waals surface area contributed by atoms with Crippen LogP contribution in [0.3, 0.4) is 0 Å². The Hall–Kier alpha value is -2.01. The van der Waals surface area contributed by atoms with Gasteiger partial charge in [0.25, 0.3) is 0 Å². The molecule has 2 N–H and O–H groups in total. The predicted octanol–water partition coefficient (Wildman–Crippen LogP) is 5.06. The molecule has 3 rings (SSSR count). The van der Waals surface area contributed by atoms with Gasteiger partial charge in [-0.1, -0.05) is 49.6 Å². The SMILES string of the molecule is CC(C(N)=O)c1ncc2c(c1SCCCCCCCc1ccccc1)O2. The molecular weight excluding hydrogens is 344 g/mol. The highest BCUT2D eigenvalue weighted by Crippen LogP contribution is 2.53. The molecule has 1 atom stereocenters. The lowest BCUT2D eigenvalue weighted by Crippen LogP contribution is -2.20. The van der Waals surface area contributed by atoms with Crippen LogP contribution in [-0.2, 0) is 11.2 Å². The summed E-state index contributed by atoms with van der Waals surface area (Å²) in [7, 11) is 0. The normalized spacial score (nSPS) is 13.0. The van der Waals surface area contributed by atoms with Gasteiger partial charge in [-0.3, -0.25) is 9.78 Å². The van der Waals surface area contributed by atoms with Crippen LogP contribution in [0.4, 0.5) is 0 Å². The second-order valence-electron chi connectivity index (χ2n) is 6.74. The van der Waals surface area contributed by atoms with E-state index in [0.717, 1.165) is 34.3 Å². The van der Waals surface area contributed by atoms with Crippen molar-refractivity contribution in [2.75, 3.05) is 5.75 Å². The van der Waals surface area contributed by atoms with Crippen molar-refractivity contribution in [1.29, 1.82) is 0 Å². The van der Waals surface area contributed by atoms with Crippen molar-refractivity contribution in [1.82, 2.24) is 4.98 Å². The third-order valence-corrected chi connectivity index (χ3v) is 5.87. The molecule has 0 saturated carbocycles. The van der Waals surface area contributed by atoms with Gasteiger partial charge in [0.2, 0.25) is 5.91 Å². The van der Waals surface area contributed by atoms with E-state index in [1.807, 2.05) is 0 Å². The van der Waals surface area contributed by atoms with E-state index < -0.39 is 0 Å². The standard InChI is InChI=1S/C21H26N2O2S/c1-15(21(22)24)18-20(19-17(25-19)14-23-18)26-13-9-4-2-3-6-10-16-11-7-5-8-12-16/h5,7-8,11-12,14-15H,2-4,6,9-10,13H2,1H3,(H2,22,24). The summed E-state index contributed by atoms with van der Waals surface area (Å²) in [6, 6.07) is 10.7. The Bertz CT molecular complexity index is 749. The molecule has 1 unspecified atom stereocenters. The summed E-state index contributed by atoms with van der Waals surface area (Å²) in [5.41, 5.74) is 7.62. The lowest BCUT2D eigenvalue weighted by molar-refractivity contribution is -0.119. The Morgan fingerprint density at radius 3 is 2.65 bits per heavy atom. The smallest absolute Gasteiger partial charge is 0.226 e. The molecule has 0 spiro atoms. The van der Waals surface area contributed by atoms with Crippen LogP contribution < -0.4 is 10.5 Å². The Morgan fingerprint density at radius 2 is 1.88 bits per heavy atom. The van der Waals surface area contributed by atoms with Gasteiger partial charge in [-0.2, -0.15) is 0 Å². The summed E-state index contributed by atoms with van der Waals surface area (Å²) in [6.45, 7) is 1.80. The first-order chi connectivity index (χ1) is 12.7. The highest BCUT2D eigenvalue weighted by atomic mass is 32.2. The molecule has 26 heavy (non-hydrogen) atoms. The van der Waals surface area contributed by atoms with Crippen molar-refractivity contribution < 1.29 is 9.53 Å². The number of aryl methyl sites for hydroxylation is 1. The van der Waals surface area contributed by atoms with Crippen LogP contribution in [0.15, 0.2) is 41.4 Å². The fourth-order valence-corrected chi connectivity index (χ4v) is 4.20. The molecule has 0 saturated heterocycles. The van der Waals surface area contributed by atoms with Crippen molar-refractivity contribution in [3.05, 3.63) is 47.8 Å². The molecule has 2 aromatic rings. The summed E-state index contributed by atoms with van der Waals surface area (Å²) < 4.78 is 5.46. The zero-order chi connectivity index (χ0) is 18.4. The molecule has 4 nitrogen and oxygen atoms in total. The first kappa shape index (κ1) is 18.8. The number of primary amides is 1. The van der Waals surface area contributed by atoms with Gasteiger partial charge in [-0.25, -0.2) is 0 Å². The number of nitrogens with two attached hydrogens (primary N) is 1. The fraction of sp³-hybridized carbons (Fsp3) is 0.429. The van der Waals surface area contributed by atoms with Gasteiger partial charge in [0.05, 0.1) is 22.7 Å². The summed E-state index contributed by atoms with van der Waals surface area (Å²) in [6.07, 6.45) is 9.02. The quantitative estimate of drug-likeness (QED) is 0.291. The van der Waals surface area contributed by atoms with Crippen molar-refractivity contribution in [3.8, 4) is 11.5 Å². The number of pyridine rings is 1. The average molecular weight is 371 g/mol. The third-order valence-electron chi connectivity index (χ3n) is 4.69. The number of aromatic nitrogens is 1. The molecule has 1 aliphatic heterocycles. The molecule has 138 valence electrons. The van der Waals surface area contributed by atoms with Gasteiger partial charge >= 0.3 is 0 Å². The molecule has 1 aromatic carbocycles. The minimum Gasteiger partial charge on any atom is -0.446 e. The zero-order valence-electron chi connectivity index (χ0n) is 15.2. The number of carbonyl (C=O) groups is 1. The minimum absolute atomic E-state index is 0.349. The molecule has 1 aliphatic rings. The van der Waals surface area contributed by atoms with Crippen molar-refractivity contribution in [2.24, 2.45) is 5.73 Å². The van der Waals surface area contributed by atoms with Crippen LogP contribution in [0.1, 0.15) is 56.2 Å². The molecule has 0 fully saturated rings. The molecule has 1 aromatic heterocycles. The number of amides is 1. The average Bonchev–Trinajstić information content (AvgIpc) is 3.44. The maximum absolute atomic E-state index is 11.5. The molecule has 0 aliphatic carbocycles. The maximum Gasteiger partial charge on any atom is 0.226 e. The van der Waals surface area contributed by atoms with Gasteiger partial charge < -0.3 is 10.5 Å². The number of hydrogen-bond donors (Lipinski definition) is 1. The van der Waals surface area contributed by atoms with Crippen LogP contribution in [0.5, 0.6) is 11.5 Å². The number of fused-ring (bicyclic) bond motifs is 1. The van der Waals surface area contributed by atoms with E-state index >= 15 is 0 Å². The number of nitrogens with zero attached hydrogens (tertiary/aromatic N) is 1. The summed E-state index contributed by atoms with van der Waals surface area (Å²) >= 11 is 1.74. The fourth-order valence-electron chi connectivity index (χ4n) is 2.99. The van der Waals surface area contributed by atoms with Crippen LogP contribution in [0, 0.1) is 0 Å². The number of thioether (sulfide) groups is 1. The zero-order valence-corrected chi connectivity index (χ0v) is 16.1. The van der Waals surface area contributed by atoms with E-state index in [-0.39, 0.29) is 11.8 Å². The van der Waals surface area contributed by atoms with E-state index in [4.69, 9.17) is 10.5 Å². The van der Waals surface area contributed by atoms with Crippen LogP contribution in [0.2, 0.25) is 0 Å². The molecule has 2 heterocycles. The van der Waals surface area contributed by atoms with Gasteiger partial charge in [0.1, 0.15) is 0 Å². The molecule has 0 bridgehead atoms. The van der Waals surface area contributed by atoms with E-state index in [2.05, 4.69) is 35.3 Å². The van der Waals surface area contributed by atoms with E-state index in [9.17, 15) is 4.79 Å². The Morgan fingerprint density at radius 1 is 1.15 bits per heavy atom. The topological polar surface area (TPSA) is 68.5 Å². The van der Waals surface area contributed by atoms with E-state index in [0.29, 0.717) is 0 Å². The van der Waals surface area contributed by atoms with Crippen molar-refractivity contribution >= 4 is 17.7 Å². The Kier molecular flexibility index (Phi) is 6.56. The largest absolute Gasteiger partial charge is 0.446 e. The molecular formula is C21H26N2O2S. The van der Waals surface area contributed by atoms with E-state index in [1.54, 1.807) is 24.9 Å². The monoisotopic (exact) mass is 370 g/mol. The highest BCUT2D eigenvalue weighted by Gasteiger charge is 2.31. The first-order valence-corrected chi connectivity index (χ1v) is 10.3. The van der Waals surface area contributed by atoms with Gasteiger partial charge in [-0.15, -0.1) is 11.8 Å². The van der Waals surface area contributed by atoms with Gasteiger partial charge in [0.15, 0.2) is 11.5 Å². The van der Waals surface area contributed by atoms with Crippen LogP contribution >= 0.6 is 11.8 Å². The minimum atomic E-state index is -0.384. The van der Waals surface area contributed by atoms with E-state index in [1.165, 1.54) is 37.7 Å². The molecule has 5 heteroatoms. The van der Waals surface area contributed by atoms with Crippen molar-refractivity contribution in [3.63, 3.8) is 0 Å². The van der Waals surface area contributed by atoms with Gasteiger partial charge in [-0.05, 0) is 37.5 Å². The number of unbranched alkanes of at least 4 members (excludes halogenated alkanes) is 4. The number of rotatable bonds is 11. The Balaban J connectivity index is 1.35. The Labute approximate surface area is 159 Å². The molecule has 0 radical (unpaired) electrons. The first-order valence-electron chi connectivity index (χ1n) is 9.33. The summed E-state index contributed by atoms with van der Waals surface area (Å²) in [5.74, 6) is 1.99. The van der Waals surface area contributed by atoms with Crippen LogP contribution in [-0.4, -0.2) is 16.6 Å². The summed E-state index contributed by atoms with van der Waals surface area (Å²) in [4.78, 5) is 16.9. The second-order valence-corrected chi connectivity index (χ2v) is 7.85. The number of hydrogen-bond acceptors (Lipinski definition) is 4. The second kappa shape index (κ2) is 9.08. The lowest BCUT2D eigenvalue weighted by atomic mass is 10.1.